The SMILES string of the molecule is CC1CC1c1csc(NN(C)C)n1. The van der Waals surface area contributed by atoms with E-state index in [0.29, 0.717) is 0 Å². The van der Waals surface area contributed by atoms with Gasteiger partial charge in [-0.15, -0.1) is 11.3 Å². The summed E-state index contributed by atoms with van der Waals surface area (Å²) in [6.07, 6.45) is 1.31. The Hall–Kier alpha value is -0.610. The zero-order chi connectivity index (χ0) is 9.42. The Morgan fingerprint density at radius 2 is 2.31 bits per heavy atom. The summed E-state index contributed by atoms with van der Waals surface area (Å²) in [6, 6.07) is 0. The molecule has 2 unspecified atom stereocenters. The van der Waals surface area contributed by atoms with Gasteiger partial charge < -0.3 is 0 Å². The highest BCUT2D eigenvalue weighted by molar-refractivity contribution is 7.13. The first kappa shape index (κ1) is 8.97. The minimum absolute atomic E-state index is 0.731. The number of anilines is 1. The number of nitrogens with one attached hydrogen (secondary N) is 1. The fourth-order valence-corrected chi connectivity index (χ4v) is 2.29. The average molecular weight is 197 g/mol. The van der Waals surface area contributed by atoms with E-state index >= 15 is 0 Å². The maximum Gasteiger partial charge on any atom is 0.197 e. The van der Waals surface area contributed by atoms with Gasteiger partial charge in [0, 0.05) is 25.4 Å². The van der Waals surface area contributed by atoms with Gasteiger partial charge in [-0.25, -0.2) is 9.99 Å². The van der Waals surface area contributed by atoms with E-state index in [1.165, 1.54) is 12.1 Å². The molecule has 2 atom stereocenters. The topological polar surface area (TPSA) is 28.2 Å². The van der Waals surface area contributed by atoms with Crippen LogP contribution in [-0.2, 0) is 0 Å². The lowest BCUT2D eigenvalue weighted by atomic mass is 10.3. The first-order valence-electron chi connectivity index (χ1n) is 4.56. The molecular weight excluding hydrogens is 182 g/mol. The second kappa shape index (κ2) is 3.27. The number of hydrazine groups is 1. The summed E-state index contributed by atoms with van der Waals surface area (Å²) in [6.45, 7) is 2.28. The van der Waals surface area contributed by atoms with Gasteiger partial charge in [-0.05, 0) is 12.3 Å². The van der Waals surface area contributed by atoms with Crippen molar-refractivity contribution in [1.82, 2.24) is 9.99 Å². The van der Waals surface area contributed by atoms with Crippen molar-refractivity contribution in [3.63, 3.8) is 0 Å². The van der Waals surface area contributed by atoms with E-state index in [4.69, 9.17) is 0 Å². The van der Waals surface area contributed by atoms with E-state index in [1.54, 1.807) is 11.3 Å². The van der Waals surface area contributed by atoms with Gasteiger partial charge in [-0.2, -0.15) is 0 Å². The largest absolute Gasteiger partial charge is 0.295 e. The molecular formula is C9H15N3S. The summed E-state index contributed by atoms with van der Waals surface area (Å²) in [5.41, 5.74) is 4.43. The molecule has 1 heterocycles. The monoisotopic (exact) mass is 197 g/mol. The Labute approximate surface area is 82.8 Å². The van der Waals surface area contributed by atoms with E-state index in [1.807, 2.05) is 19.1 Å². The zero-order valence-electron chi connectivity index (χ0n) is 8.24. The minimum atomic E-state index is 0.731. The van der Waals surface area contributed by atoms with Crippen molar-refractivity contribution in [3.05, 3.63) is 11.1 Å². The fraction of sp³-hybridized carbons (Fsp3) is 0.667. The Morgan fingerprint density at radius 3 is 2.85 bits per heavy atom. The molecule has 0 aromatic carbocycles. The molecule has 1 aromatic rings. The van der Waals surface area contributed by atoms with Crippen LogP contribution in [0, 0.1) is 5.92 Å². The molecule has 2 rings (SSSR count). The van der Waals surface area contributed by atoms with Crippen molar-refractivity contribution in [1.29, 1.82) is 0 Å². The van der Waals surface area contributed by atoms with Crippen molar-refractivity contribution in [2.75, 3.05) is 19.5 Å². The van der Waals surface area contributed by atoms with Crippen molar-refractivity contribution < 1.29 is 0 Å². The number of thiazole rings is 1. The van der Waals surface area contributed by atoms with Gasteiger partial charge in [0.2, 0.25) is 0 Å². The van der Waals surface area contributed by atoms with E-state index in [9.17, 15) is 0 Å². The predicted molar refractivity (Wildman–Crippen MR) is 55.9 cm³/mol. The molecule has 1 aromatic heterocycles. The molecule has 3 nitrogen and oxygen atoms in total. The van der Waals surface area contributed by atoms with Crippen LogP contribution in [-0.4, -0.2) is 24.1 Å². The van der Waals surface area contributed by atoms with Gasteiger partial charge in [0.25, 0.3) is 0 Å². The summed E-state index contributed by atoms with van der Waals surface area (Å²) in [7, 11) is 3.95. The first-order chi connectivity index (χ1) is 6.16. The molecule has 72 valence electrons. The normalized spacial score (nSPS) is 26.5. The Bertz CT molecular complexity index is 295. The molecule has 1 aliphatic carbocycles. The summed E-state index contributed by atoms with van der Waals surface area (Å²) in [4.78, 5) is 4.53. The fourth-order valence-electron chi connectivity index (χ4n) is 1.43. The standard InChI is InChI=1S/C9H15N3S/c1-6-4-7(6)8-5-13-9(10-8)11-12(2)3/h5-7H,4H2,1-3H3,(H,10,11). The average Bonchev–Trinajstić information content (AvgIpc) is 2.60. The van der Waals surface area contributed by atoms with Gasteiger partial charge in [0.1, 0.15) is 0 Å². The van der Waals surface area contributed by atoms with E-state index in [-0.39, 0.29) is 0 Å². The van der Waals surface area contributed by atoms with Crippen molar-refractivity contribution in [2.24, 2.45) is 5.92 Å². The number of aromatic nitrogens is 1. The van der Waals surface area contributed by atoms with Gasteiger partial charge >= 0.3 is 0 Å². The maximum absolute atomic E-state index is 4.53. The molecule has 1 N–H and O–H groups in total. The molecule has 0 radical (unpaired) electrons. The summed E-state index contributed by atoms with van der Waals surface area (Å²) in [5.74, 6) is 1.57. The van der Waals surface area contributed by atoms with Crippen LogP contribution < -0.4 is 5.43 Å². The lowest BCUT2D eigenvalue weighted by Gasteiger charge is -2.09. The minimum Gasteiger partial charge on any atom is -0.295 e. The van der Waals surface area contributed by atoms with E-state index in [2.05, 4.69) is 22.7 Å². The Kier molecular flexibility index (Phi) is 2.26. The van der Waals surface area contributed by atoms with Crippen molar-refractivity contribution in [2.45, 2.75) is 19.3 Å². The van der Waals surface area contributed by atoms with Gasteiger partial charge in [-0.3, -0.25) is 5.43 Å². The molecule has 0 aliphatic heterocycles. The lowest BCUT2D eigenvalue weighted by molar-refractivity contribution is 0.494. The highest BCUT2D eigenvalue weighted by Gasteiger charge is 2.35. The number of rotatable bonds is 3. The van der Waals surface area contributed by atoms with Gasteiger partial charge in [0.15, 0.2) is 5.13 Å². The quantitative estimate of drug-likeness (QED) is 0.753. The molecule has 1 fully saturated rings. The van der Waals surface area contributed by atoms with Crippen molar-refractivity contribution in [3.8, 4) is 0 Å². The smallest absolute Gasteiger partial charge is 0.197 e. The van der Waals surface area contributed by atoms with Gasteiger partial charge in [-0.1, -0.05) is 6.92 Å². The molecule has 0 bridgehead atoms. The number of nitrogens with zero attached hydrogens (tertiary/aromatic N) is 2. The van der Waals surface area contributed by atoms with Crippen LogP contribution in [0.5, 0.6) is 0 Å². The summed E-state index contributed by atoms with van der Waals surface area (Å²) < 4.78 is 0. The van der Waals surface area contributed by atoms with Crippen molar-refractivity contribution >= 4 is 16.5 Å². The maximum atomic E-state index is 4.53. The second-order valence-corrected chi connectivity index (χ2v) is 4.76. The van der Waals surface area contributed by atoms with E-state index in [0.717, 1.165) is 17.0 Å². The highest BCUT2D eigenvalue weighted by Crippen LogP contribution is 2.47. The van der Waals surface area contributed by atoms with Crippen LogP contribution in [0.2, 0.25) is 0 Å². The third-order valence-corrected chi connectivity index (χ3v) is 3.10. The zero-order valence-corrected chi connectivity index (χ0v) is 9.06. The van der Waals surface area contributed by atoms with Crippen LogP contribution in [0.15, 0.2) is 5.38 Å². The molecule has 1 aliphatic rings. The van der Waals surface area contributed by atoms with Crippen LogP contribution in [0.3, 0.4) is 0 Å². The van der Waals surface area contributed by atoms with Crippen LogP contribution in [0.4, 0.5) is 5.13 Å². The van der Waals surface area contributed by atoms with Crippen LogP contribution >= 0.6 is 11.3 Å². The van der Waals surface area contributed by atoms with E-state index < -0.39 is 0 Å². The summed E-state index contributed by atoms with van der Waals surface area (Å²) in [5, 5.41) is 5.08. The third-order valence-electron chi connectivity index (χ3n) is 2.33. The second-order valence-electron chi connectivity index (χ2n) is 3.90. The molecule has 0 spiro atoms. The molecule has 0 amide bonds. The first-order valence-corrected chi connectivity index (χ1v) is 5.44. The molecule has 1 saturated carbocycles. The predicted octanol–water partition coefficient (Wildman–Crippen LogP) is 2.16. The number of hydrogen-bond acceptors (Lipinski definition) is 4. The summed E-state index contributed by atoms with van der Waals surface area (Å²) >= 11 is 1.68. The third kappa shape index (κ3) is 2.00. The van der Waals surface area contributed by atoms with Crippen LogP contribution in [0.1, 0.15) is 25.0 Å². The van der Waals surface area contributed by atoms with Crippen LogP contribution in [0.25, 0.3) is 0 Å². The molecule has 13 heavy (non-hydrogen) atoms. The Balaban J connectivity index is 2.01. The highest BCUT2D eigenvalue weighted by atomic mass is 32.1. The van der Waals surface area contributed by atoms with Gasteiger partial charge in [0.05, 0.1) is 5.69 Å². The molecule has 0 saturated heterocycles. The molecule has 4 heteroatoms. The number of hydrogen-bond donors (Lipinski definition) is 1. The lowest BCUT2D eigenvalue weighted by Crippen LogP contribution is -2.19. The Morgan fingerprint density at radius 1 is 1.62 bits per heavy atom.